The second-order valence-electron chi connectivity index (χ2n) is 6.19. The molecular weight excluding hydrogens is 374 g/mol. The predicted molar refractivity (Wildman–Crippen MR) is 107 cm³/mol. The van der Waals surface area contributed by atoms with Gasteiger partial charge in [-0.25, -0.2) is 0 Å². The van der Waals surface area contributed by atoms with Crippen LogP contribution in [0.2, 0.25) is 0 Å². The minimum absolute atomic E-state index is 0.0303. The van der Waals surface area contributed by atoms with Crippen molar-refractivity contribution in [3.63, 3.8) is 0 Å². The standard InChI is InChI=1S/C21H19N3O5/c1-23-12-11-18(22-23)19(25)9-5-15-6-10-20(21(13-15)28-2)29-14-16-3-7-17(8-4-16)24(26)27/h3-13H,14H2,1-2H3/b9-5+. The highest BCUT2D eigenvalue weighted by molar-refractivity contribution is 6.05. The fourth-order valence-corrected chi connectivity index (χ4v) is 2.59. The number of ether oxygens (including phenoxy) is 2. The number of nitrogens with zero attached hydrogens (tertiary/aromatic N) is 3. The number of allylic oxidation sites excluding steroid dienone is 1. The van der Waals surface area contributed by atoms with Gasteiger partial charge in [-0.15, -0.1) is 0 Å². The number of hydrogen-bond donors (Lipinski definition) is 0. The van der Waals surface area contributed by atoms with Gasteiger partial charge in [0.05, 0.1) is 12.0 Å². The third-order valence-electron chi connectivity index (χ3n) is 4.12. The van der Waals surface area contributed by atoms with Crippen molar-refractivity contribution in [3.05, 3.63) is 87.7 Å². The van der Waals surface area contributed by atoms with E-state index in [2.05, 4.69) is 5.10 Å². The first-order valence-corrected chi connectivity index (χ1v) is 8.72. The van der Waals surface area contributed by atoms with Gasteiger partial charge in [-0.2, -0.15) is 5.10 Å². The summed E-state index contributed by atoms with van der Waals surface area (Å²) in [5.41, 5.74) is 1.97. The van der Waals surface area contributed by atoms with Crippen LogP contribution in [0.25, 0.3) is 6.08 Å². The number of nitro groups is 1. The van der Waals surface area contributed by atoms with Crippen LogP contribution in [0.4, 0.5) is 5.69 Å². The van der Waals surface area contributed by atoms with Crippen LogP contribution in [-0.4, -0.2) is 27.6 Å². The average molecular weight is 393 g/mol. The largest absolute Gasteiger partial charge is 0.493 e. The zero-order chi connectivity index (χ0) is 20.8. The summed E-state index contributed by atoms with van der Waals surface area (Å²) in [4.78, 5) is 22.4. The van der Waals surface area contributed by atoms with Gasteiger partial charge in [0, 0.05) is 25.4 Å². The molecule has 2 aromatic carbocycles. The Kier molecular flexibility index (Phi) is 6.03. The molecule has 0 aliphatic heterocycles. The maximum absolute atomic E-state index is 12.1. The lowest BCUT2D eigenvalue weighted by atomic mass is 10.1. The number of carbonyl (C=O) groups excluding carboxylic acids is 1. The maximum Gasteiger partial charge on any atom is 0.269 e. The van der Waals surface area contributed by atoms with E-state index in [4.69, 9.17) is 9.47 Å². The summed E-state index contributed by atoms with van der Waals surface area (Å²) >= 11 is 0. The molecule has 0 fully saturated rings. The van der Waals surface area contributed by atoms with Crippen molar-refractivity contribution in [1.29, 1.82) is 0 Å². The number of hydrogen-bond acceptors (Lipinski definition) is 6. The molecular formula is C21H19N3O5. The number of aryl methyl sites for hydroxylation is 1. The molecule has 1 aromatic heterocycles. The van der Waals surface area contributed by atoms with Gasteiger partial charge in [-0.3, -0.25) is 19.6 Å². The Labute approximate surface area is 167 Å². The molecule has 0 amide bonds. The van der Waals surface area contributed by atoms with Gasteiger partial charge in [0.15, 0.2) is 11.5 Å². The van der Waals surface area contributed by atoms with Gasteiger partial charge in [-0.05, 0) is 47.5 Å². The van der Waals surface area contributed by atoms with Gasteiger partial charge in [0.1, 0.15) is 12.3 Å². The van der Waals surface area contributed by atoms with E-state index in [-0.39, 0.29) is 18.1 Å². The number of non-ortho nitro benzene ring substituents is 1. The van der Waals surface area contributed by atoms with E-state index in [1.807, 2.05) is 0 Å². The molecule has 0 N–H and O–H groups in total. The smallest absolute Gasteiger partial charge is 0.269 e. The number of rotatable bonds is 8. The number of carbonyl (C=O) groups is 1. The number of nitro benzene ring substituents is 1. The molecule has 3 aromatic rings. The van der Waals surface area contributed by atoms with Crippen LogP contribution in [0.3, 0.4) is 0 Å². The Morgan fingerprint density at radius 3 is 2.55 bits per heavy atom. The lowest BCUT2D eigenvalue weighted by molar-refractivity contribution is -0.384. The molecule has 0 saturated carbocycles. The zero-order valence-electron chi connectivity index (χ0n) is 15.9. The SMILES string of the molecule is COc1cc(/C=C/C(=O)c2ccn(C)n2)ccc1OCc1ccc([N+](=O)[O-])cc1. The Bertz CT molecular complexity index is 1050. The number of benzene rings is 2. The molecule has 0 unspecified atom stereocenters. The summed E-state index contributed by atoms with van der Waals surface area (Å²) in [7, 11) is 3.28. The summed E-state index contributed by atoms with van der Waals surface area (Å²) in [5, 5.41) is 14.8. The van der Waals surface area contributed by atoms with E-state index in [0.717, 1.165) is 11.1 Å². The molecule has 148 valence electrons. The Morgan fingerprint density at radius 1 is 1.17 bits per heavy atom. The van der Waals surface area contributed by atoms with E-state index in [1.165, 1.54) is 25.3 Å². The van der Waals surface area contributed by atoms with Crippen LogP contribution in [0.5, 0.6) is 11.5 Å². The Morgan fingerprint density at radius 2 is 1.93 bits per heavy atom. The lowest BCUT2D eigenvalue weighted by Crippen LogP contribution is -1.99. The normalized spacial score (nSPS) is 10.8. The first-order valence-electron chi connectivity index (χ1n) is 8.72. The highest BCUT2D eigenvalue weighted by Gasteiger charge is 2.09. The van der Waals surface area contributed by atoms with Crippen LogP contribution < -0.4 is 9.47 Å². The Hall–Kier alpha value is -3.94. The fraction of sp³-hybridized carbons (Fsp3) is 0.143. The third kappa shape index (κ3) is 5.07. The van der Waals surface area contributed by atoms with E-state index in [0.29, 0.717) is 17.2 Å². The summed E-state index contributed by atoms with van der Waals surface area (Å²) in [6, 6.07) is 13.1. The second-order valence-corrected chi connectivity index (χ2v) is 6.19. The van der Waals surface area contributed by atoms with Gasteiger partial charge >= 0.3 is 0 Å². The molecule has 0 saturated heterocycles. The van der Waals surface area contributed by atoms with Crippen molar-refractivity contribution < 1.29 is 19.2 Å². The monoisotopic (exact) mass is 393 g/mol. The fourth-order valence-electron chi connectivity index (χ4n) is 2.59. The molecule has 0 atom stereocenters. The topological polar surface area (TPSA) is 96.5 Å². The van der Waals surface area contributed by atoms with Crippen molar-refractivity contribution in [3.8, 4) is 11.5 Å². The van der Waals surface area contributed by atoms with Gasteiger partial charge in [0.2, 0.25) is 5.78 Å². The molecule has 0 radical (unpaired) electrons. The van der Waals surface area contributed by atoms with Crippen LogP contribution in [-0.2, 0) is 13.7 Å². The molecule has 0 aliphatic rings. The van der Waals surface area contributed by atoms with Crippen molar-refractivity contribution >= 4 is 17.5 Å². The number of ketones is 1. The molecule has 0 spiro atoms. The van der Waals surface area contributed by atoms with Crippen molar-refractivity contribution in [2.75, 3.05) is 7.11 Å². The van der Waals surface area contributed by atoms with Gasteiger partial charge in [-0.1, -0.05) is 12.1 Å². The number of methoxy groups -OCH3 is 1. The molecule has 1 heterocycles. The molecule has 3 rings (SSSR count). The van der Waals surface area contributed by atoms with Gasteiger partial charge < -0.3 is 9.47 Å². The first-order chi connectivity index (χ1) is 14.0. The van der Waals surface area contributed by atoms with Crippen LogP contribution >= 0.6 is 0 Å². The molecule has 0 aliphatic carbocycles. The summed E-state index contributed by atoms with van der Waals surface area (Å²) in [6.45, 7) is 0.238. The summed E-state index contributed by atoms with van der Waals surface area (Å²) in [6.07, 6.45) is 4.84. The maximum atomic E-state index is 12.1. The van der Waals surface area contributed by atoms with E-state index in [1.54, 1.807) is 60.4 Å². The zero-order valence-corrected chi connectivity index (χ0v) is 15.9. The summed E-state index contributed by atoms with van der Waals surface area (Å²) in [5.74, 6) is 0.849. The number of aromatic nitrogens is 2. The van der Waals surface area contributed by atoms with Crippen LogP contribution in [0.15, 0.2) is 60.8 Å². The minimum Gasteiger partial charge on any atom is -0.493 e. The molecule has 8 nitrogen and oxygen atoms in total. The molecule has 29 heavy (non-hydrogen) atoms. The quantitative estimate of drug-likeness (QED) is 0.250. The van der Waals surface area contributed by atoms with E-state index >= 15 is 0 Å². The summed E-state index contributed by atoms with van der Waals surface area (Å²) < 4.78 is 12.7. The average Bonchev–Trinajstić information content (AvgIpc) is 3.17. The van der Waals surface area contributed by atoms with E-state index in [9.17, 15) is 14.9 Å². The highest BCUT2D eigenvalue weighted by Crippen LogP contribution is 2.29. The lowest BCUT2D eigenvalue weighted by Gasteiger charge is -2.11. The van der Waals surface area contributed by atoms with Crippen LogP contribution in [0.1, 0.15) is 21.6 Å². The van der Waals surface area contributed by atoms with Crippen molar-refractivity contribution in [1.82, 2.24) is 9.78 Å². The first kappa shape index (κ1) is 19.8. The van der Waals surface area contributed by atoms with Crippen molar-refractivity contribution in [2.45, 2.75) is 6.61 Å². The second kappa shape index (κ2) is 8.83. The van der Waals surface area contributed by atoms with Crippen molar-refractivity contribution in [2.24, 2.45) is 7.05 Å². The Balaban J connectivity index is 1.67. The van der Waals surface area contributed by atoms with E-state index < -0.39 is 4.92 Å². The molecule has 0 bridgehead atoms. The third-order valence-corrected chi connectivity index (χ3v) is 4.12. The highest BCUT2D eigenvalue weighted by atomic mass is 16.6. The molecule has 8 heteroatoms. The predicted octanol–water partition coefficient (Wildman–Crippen LogP) is 3.81. The minimum atomic E-state index is -0.446. The van der Waals surface area contributed by atoms with Gasteiger partial charge in [0.25, 0.3) is 5.69 Å². The van der Waals surface area contributed by atoms with Crippen LogP contribution in [0, 0.1) is 10.1 Å².